The monoisotopic (exact) mass is 427 g/mol. The number of hydrogen-bond acceptors (Lipinski definition) is 6. The Hall–Kier alpha value is -4.04. The Morgan fingerprint density at radius 2 is 1.77 bits per heavy atom. The van der Waals surface area contributed by atoms with E-state index in [4.69, 9.17) is 4.42 Å². The molecule has 8 heteroatoms. The molecule has 0 aliphatic rings. The Morgan fingerprint density at radius 1 is 0.968 bits per heavy atom. The Balaban J connectivity index is 1.29. The van der Waals surface area contributed by atoms with Crippen LogP contribution in [0.25, 0.3) is 33.5 Å². The molecule has 0 fully saturated rings. The maximum atomic E-state index is 12.6. The normalized spacial score (nSPS) is 10.9. The van der Waals surface area contributed by atoms with Crippen molar-refractivity contribution < 1.29 is 9.21 Å². The highest BCUT2D eigenvalue weighted by Gasteiger charge is 2.13. The molecule has 2 N–H and O–H groups in total. The third-order valence-electron chi connectivity index (χ3n) is 4.69. The first kappa shape index (κ1) is 19.0. The number of anilines is 1. The molecule has 0 bridgehead atoms. The van der Waals surface area contributed by atoms with Crippen LogP contribution in [0, 0.1) is 6.92 Å². The Bertz CT molecular complexity index is 1340. The van der Waals surface area contributed by atoms with Gasteiger partial charge in [-0.1, -0.05) is 23.8 Å². The molecule has 0 radical (unpaired) electrons. The van der Waals surface area contributed by atoms with Crippen LogP contribution in [0.4, 0.5) is 5.82 Å². The molecule has 5 rings (SSSR count). The van der Waals surface area contributed by atoms with Gasteiger partial charge in [-0.25, -0.2) is 0 Å². The third-order valence-corrected chi connectivity index (χ3v) is 5.59. The van der Waals surface area contributed by atoms with Crippen LogP contribution in [-0.2, 0) is 0 Å². The highest BCUT2D eigenvalue weighted by atomic mass is 32.1. The van der Waals surface area contributed by atoms with E-state index in [1.54, 1.807) is 35.6 Å². The van der Waals surface area contributed by atoms with Gasteiger partial charge in [-0.05, 0) is 54.8 Å². The summed E-state index contributed by atoms with van der Waals surface area (Å²) in [5.41, 5.74) is 4.09. The number of aryl methyl sites for hydroxylation is 1. The lowest BCUT2D eigenvalue weighted by atomic mass is 10.1. The van der Waals surface area contributed by atoms with E-state index in [-0.39, 0.29) is 5.91 Å². The molecule has 0 atom stereocenters. The molecule has 152 valence electrons. The van der Waals surface area contributed by atoms with Crippen LogP contribution >= 0.6 is 11.3 Å². The topological polar surface area (TPSA) is 96.7 Å². The third kappa shape index (κ3) is 4.01. The van der Waals surface area contributed by atoms with E-state index < -0.39 is 0 Å². The number of aromatic nitrogens is 4. The Morgan fingerprint density at radius 3 is 2.52 bits per heavy atom. The van der Waals surface area contributed by atoms with Crippen LogP contribution in [-0.4, -0.2) is 26.3 Å². The molecule has 0 aliphatic carbocycles. The zero-order valence-corrected chi connectivity index (χ0v) is 17.3. The van der Waals surface area contributed by atoms with Gasteiger partial charge in [-0.2, -0.15) is 5.10 Å². The van der Waals surface area contributed by atoms with Crippen molar-refractivity contribution in [3.63, 3.8) is 0 Å². The van der Waals surface area contributed by atoms with E-state index in [0.717, 1.165) is 27.3 Å². The van der Waals surface area contributed by atoms with Crippen molar-refractivity contribution in [2.45, 2.75) is 6.92 Å². The van der Waals surface area contributed by atoms with Crippen LogP contribution in [0.3, 0.4) is 0 Å². The van der Waals surface area contributed by atoms with E-state index in [9.17, 15) is 4.79 Å². The van der Waals surface area contributed by atoms with E-state index in [0.29, 0.717) is 23.2 Å². The molecule has 0 saturated heterocycles. The van der Waals surface area contributed by atoms with Crippen molar-refractivity contribution in [2.75, 3.05) is 5.32 Å². The summed E-state index contributed by atoms with van der Waals surface area (Å²) >= 11 is 1.60. The van der Waals surface area contributed by atoms with Gasteiger partial charge in [0.1, 0.15) is 0 Å². The summed E-state index contributed by atoms with van der Waals surface area (Å²) in [4.78, 5) is 13.6. The molecule has 0 saturated carbocycles. The standard InChI is InChI=1S/C23H17N5O2S/c1-14-4-2-5-17(12-14)23-28-27-22(30-23)16-9-7-15(8-10-16)21(29)24-20-13-18(25-26-20)19-6-3-11-31-19/h2-13H,1H3,(H2,24,25,26,29). The number of thiophene rings is 1. The van der Waals surface area contributed by atoms with Crippen LogP contribution < -0.4 is 5.32 Å². The van der Waals surface area contributed by atoms with E-state index >= 15 is 0 Å². The summed E-state index contributed by atoms with van der Waals surface area (Å²) < 4.78 is 5.81. The highest BCUT2D eigenvalue weighted by molar-refractivity contribution is 7.13. The SMILES string of the molecule is Cc1cccc(-c2nnc(-c3ccc(C(=O)Nc4cc(-c5cccs5)[nH]n4)cc3)o2)c1. The molecule has 7 nitrogen and oxygen atoms in total. The number of rotatable bonds is 5. The number of hydrogen-bond donors (Lipinski definition) is 2. The molecule has 31 heavy (non-hydrogen) atoms. The second kappa shape index (κ2) is 8.00. The van der Waals surface area contributed by atoms with Gasteiger partial charge in [-0.3, -0.25) is 9.89 Å². The minimum Gasteiger partial charge on any atom is -0.416 e. The fourth-order valence-corrected chi connectivity index (χ4v) is 3.82. The number of carbonyl (C=O) groups is 1. The van der Waals surface area contributed by atoms with Gasteiger partial charge < -0.3 is 9.73 Å². The molecular weight excluding hydrogens is 410 g/mol. The van der Waals surface area contributed by atoms with Gasteiger partial charge in [0, 0.05) is 22.8 Å². The van der Waals surface area contributed by atoms with Crippen molar-refractivity contribution in [1.29, 1.82) is 0 Å². The summed E-state index contributed by atoms with van der Waals surface area (Å²) in [6, 6.07) is 20.6. The van der Waals surface area contributed by atoms with E-state index in [1.165, 1.54) is 0 Å². The lowest BCUT2D eigenvalue weighted by Crippen LogP contribution is -2.11. The molecule has 3 aromatic heterocycles. The van der Waals surface area contributed by atoms with Crippen molar-refractivity contribution in [3.8, 4) is 33.5 Å². The fourth-order valence-electron chi connectivity index (χ4n) is 3.13. The molecular formula is C23H17N5O2S. The zero-order valence-electron chi connectivity index (χ0n) is 16.5. The first-order chi connectivity index (χ1) is 15.2. The predicted octanol–water partition coefficient (Wildman–Crippen LogP) is 5.42. The summed E-state index contributed by atoms with van der Waals surface area (Å²) in [6.45, 7) is 2.01. The van der Waals surface area contributed by atoms with Crippen molar-refractivity contribution >= 4 is 23.1 Å². The quantitative estimate of drug-likeness (QED) is 0.391. The van der Waals surface area contributed by atoms with Gasteiger partial charge in [0.25, 0.3) is 5.91 Å². The molecule has 0 aliphatic heterocycles. The minimum absolute atomic E-state index is 0.248. The maximum absolute atomic E-state index is 12.6. The number of benzene rings is 2. The van der Waals surface area contributed by atoms with E-state index in [2.05, 4.69) is 25.7 Å². The maximum Gasteiger partial charge on any atom is 0.256 e. The van der Waals surface area contributed by atoms with Crippen LogP contribution in [0.2, 0.25) is 0 Å². The van der Waals surface area contributed by atoms with Gasteiger partial charge >= 0.3 is 0 Å². The average Bonchev–Trinajstić information content (AvgIpc) is 3.55. The number of nitrogens with one attached hydrogen (secondary N) is 2. The Kier molecular flexibility index (Phi) is 4.89. The van der Waals surface area contributed by atoms with Gasteiger partial charge in [-0.15, -0.1) is 21.5 Å². The van der Waals surface area contributed by atoms with Crippen LogP contribution in [0.1, 0.15) is 15.9 Å². The first-order valence-electron chi connectivity index (χ1n) is 9.57. The molecule has 3 heterocycles. The van der Waals surface area contributed by atoms with Gasteiger partial charge in [0.05, 0.1) is 10.6 Å². The second-order valence-electron chi connectivity index (χ2n) is 6.96. The highest BCUT2D eigenvalue weighted by Crippen LogP contribution is 2.26. The largest absolute Gasteiger partial charge is 0.416 e. The lowest BCUT2D eigenvalue weighted by molar-refractivity contribution is 0.102. The lowest BCUT2D eigenvalue weighted by Gasteiger charge is -2.02. The van der Waals surface area contributed by atoms with Crippen molar-refractivity contribution in [1.82, 2.24) is 20.4 Å². The average molecular weight is 427 g/mol. The predicted molar refractivity (Wildman–Crippen MR) is 120 cm³/mol. The van der Waals surface area contributed by atoms with Crippen LogP contribution in [0.5, 0.6) is 0 Å². The van der Waals surface area contributed by atoms with Crippen LogP contribution in [0.15, 0.2) is 76.5 Å². The summed E-state index contributed by atoms with van der Waals surface area (Å²) in [7, 11) is 0. The molecule has 1 amide bonds. The van der Waals surface area contributed by atoms with Gasteiger partial charge in [0.2, 0.25) is 11.8 Å². The number of carbonyl (C=O) groups excluding carboxylic acids is 1. The first-order valence-corrected chi connectivity index (χ1v) is 10.5. The fraction of sp³-hybridized carbons (Fsp3) is 0.0435. The summed E-state index contributed by atoms with van der Waals surface area (Å²) in [5, 5.41) is 20.1. The smallest absolute Gasteiger partial charge is 0.256 e. The van der Waals surface area contributed by atoms with E-state index in [1.807, 2.05) is 54.8 Å². The summed E-state index contributed by atoms with van der Waals surface area (Å²) in [6.07, 6.45) is 0. The second-order valence-corrected chi connectivity index (χ2v) is 7.91. The van der Waals surface area contributed by atoms with Crippen molar-refractivity contribution in [2.24, 2.45) is 0 Å². The number of aromatic amines is 1. The molecule has 2 aromatic carbocycles. The van der Waals surface area contributed by atoms with Gasteiger partial charge in [0.15, 0.2) is 5.82 Å². The minimum atomic E-state index is -0.248. The van der Waals surface area contributed by atoms with Crippen molar-refractivity contribution in [3.05, 3.63) is 83.2 Å². The number of H-pyrrole nitrogens is 1. The summed E-state index contributed by atoms with van der Waals surface area (Å²) in [5.74, 6) is 1.08. The molecule has 0 spiro atoms. The Labute approximate surface area is 181 Å². The number of nitrogens with zero attached hydrogens (tertiary/aromatic N) is 3. The zero-order chi connectivity index (χ0) is 21.2. The molecule has 5 aromatic rings. The number of amides is 1. The molecule has 0 unspecified atom stereocenters.